The maximum Gasteiger partial charge on any atom is 0.456 e. The number of alkyl halides is 8. The lowest BCUT2D eigenvalue weighted by Gasteiger charge is -2.39. The van der Waals surface area contributed by atoms with E-state index in [1.54, 1.807) is 0 Å². The smallest absolute Gasteiger partial charge is 0.456 e. The first-order valence-electron chi connectivity index (χ1n) is 11.3. The number of nitrogens with zero attached hydrogens (tertiary/aromatic N) is 5. The maximum atomic E-state index is 13.3. The number of aromatic nitrogens is 4. The number of rotatable bonds is 6. The van der Waals surface area contributed by atoms with Gasteiger partial charge in [0.15, 0.2) is 18.0 Å². The van der Waals surface area contributed by atoms with Crippen molar-refractivity contribution in [1.29, 1.82) is 0 Å². The zero-order valence-electron chi connectivity index (χ0n) is 18.9. The number of anilines is 2. The van der Waals surface area contributed by atoms with Crippen LogP contribution in [0.25, 0.3) is 5.65 Å². The fourth-order valence-corrected chi connectivity index (χ4v) is 4.90. The van der Waals surface area contributed by atoms with Gasteiger partial charge in [0.05, 0.1) is 0 Å². The van der Waals surface area contributed by atoms with Gasteiger partial charge in [0.1, 0.15) is 5.69 Å². The van der Waals surface area contributed by atoms with Crippen LogP contribution < -0.4 is 15.0 Å². The molecule has 0 amide bonds. The van der Waals surface area contributed by atoms with E-state index in [1.807, 2.05) is 4.90 Å². The number of pyridine rings is 2. The van der Waals surface area contributed by atoms with E-state index < -0.39 is 30.6 Å². The normalized spacial score (nSPS) is 22.5. The number of ether oxygens (including phenoxy) is 1. The van der Waals surface area contributed by atoms with E-state index in [4.69, 9.17) is 4.74 Å². The number of fused-ring (bicyclic) bond motifs is 3. The molecule has 15 heteroatoms. The van der Waals surface area contributed by atoms with Gasteiger partial charge in [-0.05, 0) is 48.9 Å². The second-order valence-electron chi connectivity index (χ2n) is 9.14. The highest BCUT2D eigenvalue weighted by molar-refractivity contribution is 5.56. The number of piperidine rings is 1. The summed E-state index contributed by atoms with van der Waals surface area (Å²) >= 11 is 0. The minimum Gasteiger partial charge on any atom is -0.483 e. The number of halogens is 8. The Morgan fingerprint density at radius 3 is 2.35 bits per heavy atom. The Morgan fingerprint density at radius 1 is 1.00 bits per heavy atom. The van der Waals surface area contributed by atoms with E-state index in [-0.39, 0.29) is 35.2 Å². The molecular weight excluding hydrogens is 516 g/mol. The molecule has 1 saturated heterocycles. The van der Waals surface area contributed by atoms with E-state index in [9.17, 15) is 35.1 Å². The van der Waals surface area contributed by atoms with Crippen LogP contribution in [-0.2, 0) is 6.18 Å². The van der Waals surface area contributed by atoms with Crippen LogP contribution in [0.5, 0.6) is 5.75 Å². The Balaban J connectivity index is 1.29. The van der Waals surface area contributed by atoms with Crippen molar-refractivity contribution in [2.75, 3.05) is 29.9 Å². The lowest BCUT2D eigenvalue weighted by Crippen LogP contribution is -2.48. The molecule has 0 radical (unpaired) electrons. The summed E-state index contributed by atoms with van der Waals surface area (Å²) in [6, 6.07) is 5.05. The predicted octanol–water partition coefficient (Wildman–Crippen LogP) is 5.05. The van der Waals surface area contributed by atoms with E-state index in [0.717, 1.165) is 25.1 Å². The first-order valence-corrected chi connectivity index (χ1v) is 11.3. The highest BCUT2D eigenvalue weighted by atomic mass is 19.4. The lowest BCUT2D eigenvalue weighted by molar-refractivity contribution is -0.289. The predicted molar refractivity (Wildman–Crippen MR) is 115 cm³/mol. The standard InChI is InChI=1S/C22H20F8N6O/c23-20(24,22(28,29)30)11-37-15-2-1-7-36-18(15)33-19(34-36)32-17-12-3-4-13(17)10-35(9-12)14-5-6-31-16(8-14)21(25,26)27/h1-2,5-8,12-13,17H,3-4,9-11H2,(H,32,34)/t12-,13+,17?. The van der Waals surface area contributed by atoms with Gasteiger partial charge in [-0.25, -0.2) is 4.52 Å². The fraction of sp³-hybridized carbons (Fsp3) is 0.500. The minimum absolute atomic E-state index is 0.0378. The van der Waals surface area contributed by atoms with Crippen molar-refractivity contribution in [3.05, 3.63) is 42.4 Å². The summed E-state index contributed by atoms with van der Waals surface area (Å²) in [4.78, 5) is 9.52. The molecule has 5 rings (SSSR count). The Morgan fingerprint density at radius 2 is 1.70 bits per heavy atom. The van der Waals surface area contributed by atoms with Crippen molar-refractivity contribution < 1.29 is 39.9 Å². The van der Waals surface area contributed by atoms with Gasteiger partial charge in [-0.3, -0.25) is 4.98 Å². The summed E-state index contributed by atoms with van der Waals surface area (Å²) in [5, 5.41) is 7.45. The summed E-state index contributed by atoms with van der Waals surface area (Å²) in [5.74, 6) is -5.06. The summed E-state index contributed by atoms with van der Waals surface area (Å²) in [5.41, 5.74) is -0.567. The molecule has 37 heavy (non-hydrogen) atoms. The molecule has 2 bridgehead atoms. The van der Waals surface area contributed by atoms with E-state index in [0.29, 0.717) is 18.8 Å². The molecule has 4 heterocycles. The van der Waals surface area contributed by atoms with Crippen LogP contribution in [0, 0.1) is 11.8 Å². The second-order valence-corrected chi connectivity index (χ2v) is 9.14. The number of hydrogen-bond donors (Lipinski definition) is 1. The molecular formula is C22H20F8N6O. The Labute approximate surface area is 204 Å². The van der Waals surface area contributed by atoms with Crippen LogP contribution in [-0.4, -0.2) is 57.4 Å². The molecule has 1 aliphatic heterocycles. The molecule has 1 N–H and O–H groups in total. The molecule has 200 valence electrons. The molecule has 3 atom stereocenters. The third-order valence-electron chi connectivity index (χ3n) is 6.68. The van der Waals surface area contributed by atoms with Crippen LogP contribution in [0.2, 0.25) is 0 Å². The van der Waals surface area contributed by atoms with Gasteiger partial charge in [-0.15, -0.1) is 5.10 Å². The third kappa shape index (κ3) is 4.94. The van der Waals surface area contributed by atoms with Crippen molar-refractivity contribution >= 4 is 17.3 Å². The summed E-state index contributed by atoms with van der Waals surface area (Å²) < 4.78 is 109. The minimum atomic E-state index is -5.75. The van der Waals surface area contributed by atoms with Crippen LogP contribution >= 0.6 is 0 Å². The van der Waals surface area contributed by atoms with Crippen LogP contribution in [0.3, 0.4) is 0 Å². The van der Waals surface area contributed by atoms with Gasteiger partial charge in [0.2, 0.25) is 5.95 Å². The molecule has 7 nitrogen and oxygen atoms in total. The third-order valence-corrected chi connectivity index (χ3v) is 6.68. The number of hydrogen-bond acceptors (Lipinski definition) is 6. The fourth-order valence-electron chi connectivity index (χ4n) is 4.90. The van der Waals surface area contributed by atoms with Gasteiger partial charge in [-0.2, -0.15) is 40.1 Å². The molecule has 3 aromatic rings. The highest BCUT2D eigenvalue weighted by Crippen LogP contribution is 2.41. The van der Waals surface area contributed by atoms with Gasteiger partial charge in [-0.1, -0.05) is 0 Å². The second kappa shape index (κ2) is 8.87. The SMILES string of the molecule is FC(F)(F)c1cc(N2C[C@H]3CC[C@@H](C2)C3Nc2nc3c(OCC(F)(F)C(F)(F)F)cccn3n2)ccn1. The summed E-state index contributed by atoms with van der Waals surface area (Å²) in [6.07, 6.45) is -6.07. The topological polar surface area (TPSA) is 67.6 Å². The summed E-state index contributed by atoms with van der Waals surface area (Å²) in [6.45, 7) is -0.924. The van der Waals surface area contributed by atoms with Crippen LogP contribution in [0.1, 0.15) is 18.5 Å². The van der Waals surface area contributed by atoms with Crippen LogP contribution in [0.15, 0.2) is 36.7 Å². The molecule has 2 aliphatic rings. The molecule has 0 spiro atoms. The largest absolute Gasteiger partial charge is 0.483 e. The van der Waals surface area contributed by atoms with Gasteiger partial charge in [0.25, 0.3) is 0 Å². The summed E-state index contributed by atoms with van der Waals surface area (Å²) in [7, 11) is 0. The highest BCUT2D eigenvalue weighted by Gasteiger charge is 2.58. The average molecular weight is 536 g/mol. The Kier molecular flexibility index (Phi) is 6.06. The lowest BCUT2D eigenvalue weighted by atomic mass is 9.92. The molecule has 0 aromatic carbocycles. The average Bonchev–Trinajstić information content (AvgIpc) is 3.32. The van der Waals surface area contributed by atoms with E-state index >= 15 is 0 Å². The molecule has 1 saturated carbocycles. The van der Waals surface area contributed by atoms with Crippen LogP contribution in [0.4, 0.5) is 46.8 Å². The van der Waals surface area contributed by atoms with Crippen molar-refractivity contribution in [3.8, 4) is 5.75 Å². The molecule has 1 aliphatic carbocycles. The quantitative estimate of drug-likeness (QED) is 0.445. The molecule has 1 unspecified atom stereocenters. The van der Waals surface area contributed by atoms with Gasteiger partial charge in [0, 0.05) is 37.2 Å². The van der Waals surface area contributed by atoms with Gasteiger partial charge < -0.3 is 15.0 Å². The van der Waals surface area contributed by atoms with E-state index in [1.165, 1.54) is 28.9 Å². The van der Waals surface area contributed by atoms with Crippen molar-refractivity contribution in [1.82, 2.24) is 19.6 Å². The monoisotopic (exact) mass is 536 g/mol. The molecule has 3 aromatic heterocycles. The molecule has 2 fully saturated rings. The Hall–Kier alpha value is -3.39. The van der Waals surface area contributed by atoms with Crippen molar-refractivity contribution in [2.45, 2.75) is 37.2 Å². The first kappa shape index (κ1) is 25.3. The zero-order valence-corrected chi connectivity index (χ0v) is 18.9. The zero-order chi connectivity index (χ0) is 26.6. The van der Waals surface area contributed by atoms with E-state index in [2.05, 4.69) is 20.4 Å². The van der Waals surface area contributed by atoms with Crippen molar-refractivity contribution in [2.24, 2.45) is 11.8 Å². The van der Waals surface area contributed by atoms with Crippen molar-refractivity contribution in [3.63, 3.8) is 0 Å². The first-order chi connectivity index (χ1) is 17.3. The van der Waals surface area contributed by atoms with Gasteiger partial charge >= 0.3 is 18.3 Å². The Bertz CT molecular complexity index is 1260. The number of nitrogens with one attached hydrogen (secondary N) is 1. The maximum absolute atomic E-state index is 13.3.